The maximum absolute atomic E-state index is 5.61. The lowest BCUT2D eigenvalue weighted by Crippen LogP contribution is -2.17. The van der Waals surface area contributed by atoms with E-state index >= 15 is 0 Å². The Balaban J connectivity index is 2.22. The van der Waals surface area contributed by atoms with Crippen molar-refractivity contribution in [1.82, 2.24) is 5.32 Å². The van der Waals surface area contributed by atoms with Crippen molar-refractivity contribution in [3.05, 3.63) is 42.5 Å². The smallest absolute Gasteiger partial charge is 0.124 e. The highest BCUT2D eigenvalue weighted by molar-refractivity contribution is 5.33. The molecule has 3 heteroatoms. The van der Waals surface area contributed by atoms with Crippen LogP contribution < -0.4 is 10.1 Å². The Morgan fingerprint density at radius 1 is 1.26 bits per heavy atom. The van der Waals surface area contributed by atoms with E-state index in [2.05, 4.69) is 24.9 Å². The van der Waals surface area contributed by atoms with Crippen LogP contribution in [0.3, 0.4) is 0 Å². The predicted molar refractivity (Wildman–Crippen MR) is 79.6 cm³/mol. The van der Waals surface area contributed by atoms with E-state index in [1.807, 2.05) is 18.2 Å². The molecule has 0 aromatic heterocycles. The summed E-state index contributed by atoms with van der Waals surface area (Å²) in [6.07, 6.45) is 3.88. The molecular weight excluding hydrogens is 238 g/mol. The largest absolute Gasteiger partial charge is 0.489 e. The lowest BCUT2D eigenvalue weighted by Gasteiger charge is -2.11. The summed E-state index contributed by atoms with van der Waals surface area (Å²) in [5, 5.41) is 3.41. The Hall–Kier alpha value is -1.32. The maximum atomic E-state index is 5.61. The fourth-order valence-corrected chi connectivity index (χ4v) is 1.71. The van der Waals surface area contributed by atoms with Crippen LogP contribution in [0.2, 0.25) is 0 Å². The summed E-state index contributed by atoms with van der Waals surface area (Å²) in [6.45, 7) is 9.80. The van der Waals surface area contributed by atoms with Crippen molar-refractivity contribution < 1.29 is 9.47 Å². The van der Waals surface area contributed by atoms with Gasteiger partial charge in [0, 0.05) is 25.3 Å². The fraction of sp³-hybridized carbons (Fsp3) is 0.500. The Morgan fingerprint density at radius 3 is 2.89 bits per heavy atom. The summed E-state index contributed by atoms with van der Waals surface area (Å²) in [4.78, 5) is 0. The number of rotatable bonds is 11. The second-order valence-corrected chi connectivity index (χ2v) is 4.35. The Kier molecular flexibility index (Phi) is 8.77. The van der Waals surface area contributed by atoms with Gasteiger partial charge in [-0.25, -0.2) is 0 Å². The molecule has 1 aromatic carbocycles. The van der Waals surface area contributed by atoms with Crippen LogP contribution in [-0.4, -0.2) is 26.4 Å². The van der Waals surface area contributed by atoms with Crippen molar-refractivity contribution in [2.24, 2.45) is 0 Å². The van der Waals surface area contributed by atoms with Crippen molar-refractivity contribution in [2.45, 2.75) is 26.3 Å². The molecule has 0 atom stereocenters. The van der Waals surface area contributed by atoms with Crippen molar-refractivity contribution in [3.8, 4) is 5.75 Å². The summed E-state index contributed by atoms with van der Waals surface area (Å²) < 4.78 is 11.0. The van der Waals surface area contributed by atoms with E-state index < -0.39 is 0 Å². The Bertz CT molecular complexity index is 352. The molecule has 0 aliphatic heterocycles. The van der Waals surface area contributed by atoms with Gasteiger partial charge < -0.3 is 14.8 Å². The summed E-state index contributed by atoms with van der Waals surface area (Å²) in [6, 6.07) is 8.09. The lowest BCUT2D eigenvalue weighted by atomic mass is 10.2. The van der Waals surface area contributed by atoms with Gasteiger partial charge >= 0.3 is 0 Å². The highest BCUT2D eigenvalue weighted by atomic mass is 16.5. The maximum Gasteiger partial charge on any atom is 0.124 e. The van der Waals surface area contributed by atoms with Gasteiger partial charge in [-0.3, -0.25) is 0 Å². The predicted octanol–water partition coefficient (Wildman–Crippen LogP) is 3.16. The van der Waals surface area contributed by atoms with Crippen LogP contribution in [0.4, 0.5) is 0 Å². The molecule has 3 nitrogen and oxygen atoms in total. The number of benzene rings is 1. The number of para-hydroxylation sites is 1. The molecule has 0 amide bonds. The summed E-state index contributed by atoms with van der Waals surface area (Å²) in [7, 11) is 0. The van der Waals surface area contributed by atoms with Crippen molar-refractivity contribution in [1.29, 1.82) is 0 Å². The van der Waals surface area contributed by atoms with Crippen LogP contribution in [0.25, 0.3) is 0 Å². The van der Waals surface area contributed by atoms with E-state index in [9.17, 15) is 0 Å². The number of hydrogen-bond donors (Lipinski definition) is 1. The van der Waals surface area contributed by atoms with Crippen LogP contribution >= 0.6 is 0 Å². The summed E-state index contributed by atoms with van der Waals surface area (Å²) >= 11 is 0. The second kappa shape index (κ2) is 10.6. The average Bonchev–Trinajstić information content (AvgIpc) is 2.45. The molecule has 0 saturated carbocycles. The fourth-order valence-electron chi connectivity index (χ4n) is 1.71. The van der Waals surface area contributed by atoms with E-state index in [0.717, 1.165) is 44.9 Å². The van der Waals surface area contributed by atoms with Crippen molar-refractivity contribution in [3.63, 3.8) is 0 Å². The number of hydrogen-bond acceptors (Lipinski definition) is 3. The topological polar surface area (TPSA) is 30.5 Å². The molecular formula is C16H25NO2. The molecule has 0 bridgehead atoms. The van der Waals surface area contributed by atoms with Gasteiger partial charge in [-0.1, -0.05) is 37.8 Å². The quantitative estimate of drug-likeness (QED) is 0.491. The first-order valence-electron chi connectivity index (χ1n) is 6.98. The Labute approximate surface area is 116 Å². The first-order chi connectivity index (χ1) is 9.38. The minimum atomic E-state index is 0.544. The molecule has 0 aliphatic carbocycles. The van der Waals surface area contributed by atoms with E-state index in [-0.39, 0.29) is 0 Å². The number of ether oxygens (including phenoxy) is 2. The van der Waals surface area contributed by atoms with Crippen LogP contribution in [-0.2, 0) is 11.3 Å². The molecule has 0 saturated heterocycles. The molecule has 0 spiro atoms. The first-order valence-corrected chi connectivity index (χ1v) is 6.98. The van der Waals surface area contributed by atoms with Gasteiger partial charge in [0.2, 0.25) is 0 Å². The standard InChI is InChI=1S/C16H25NO2/c1-3-11-18-13-7-10-17-14-15-8-5-6-9-16(15)19-12-4-2/h4-6,8-9,17H,2-3,7,10-14H2,1H3. The molecule has 19 heavy (non-hydrogen) atoms. The zero-order valence-corrected chi connectivity index (χ0v) is 11.9. The SMILES string of the molecule is C=CCOc1ccccc1CNCCCOCCC. The highest BCUT2D eigenvalue weighted by Gasteiger charge is 2.01. The minimum Gasteiger partial charge on any atom is -0.489 e. The zero-order valence-electron chi connectivity index (χ0n) is 11.9. The highest BCUT2D eigenvalue weighted by Crippen LogP contribution is 2.17. The van der Waals surface area contributed by atoms with Crippen molar-refractivity contribution >= 4 is 0 Å². The molecule has 0 radical (unpaired) electrons. The van der Waals surface area contributed by atoms with Gasteiger partial charge in [0.15, 0.2) is 0 Å². The zero-order chi connectivity index (χ0) is 13.8. The molecule has 1 rings (SSSR count). The molecule has 0 aliphatic rings. The van der Waals surface area contributed by atoms with E-state index in [0.29, 0.717) is 6.61 Å². The lowest BCUT2D eigenvalue weighted by molar-refractivity contribution is 0.132. The molecule has 1 N–H and O–H groups in total. The van der Waals surface area contributed by atoms with E-state index in [1.165, 1.54) is 5.56 Å². The van der Waals surface area contributed by atoms with Crippen LogP contribution in [0.5, 0.6) is 5.75 Å². The third kappa shape index (κ3) is 6.99. The van der Waals surface area contributed by atoms with Crippen LogP contribution in [0.1, 0.15) is 25.3 Å². The van der Waals surface area contributed by atoms with Gasteiger partial charge in [0.05, 0.1) is 0 Å². The van der Waals surface area contributed by atoms with E-state index in [1.54, 1.807) is 6.08 Å². The molecule has 0 heterocycles. The van der Waals surface area contributed by atoms with Gasteiger partial charge in [-0.2, -0.15) is 0 Å². The number of nitrogens with one attached hydrogen (secondary N) is 1. The Morgan fingerprint density at radius 2 is 2.11 bits per heavy atom. The van der Waals surface area contributed by atoms with Gasteiger partial charge in [0.25, 0.3) is 0 Å². The van der Waals surface area contributed by atoms with Crippen LogP contribution in [0.15, 0.2) is 36.9 Å². The van der Waals surface area contributed by atoms with Gasteiger partial charge in [0.1, 0.15) is 12.4 Å². The minimum absolute atomic E-state index is 0.544. The van der Waals surface area contributed by atoms with E-state index in [4.69, 9.17) is 9.47 Å². The average molecular weight is 263 g/mol. The molecule has 106 valence electrons. The molecule has 1 aromatic rings. The normalized spacial score (nSPS) is 10.4. The summed E-state index contributed by atoms with van der Waals surface area (Å²) in [5.41, 5.74) is 1.18. The summed E-state index contributed by atoms with van der Waals surface area (Å²) in [5.74, 6) is 0.928. The third-order valence-electron chi connectivity index (χ3n) is 2.64. The van der Waals surface area contributed by atoms with Gasteiger partial charge in [-0.15, -0.1) is 0 Å². The third-order valence-corrected chi connectivity index (χ3v) is 2.64. The van der Waals surface area contributed by atoms with Crippen LogP contribution in [0, 0.1) is 0 Å². The first kappa shape index (κ1) is 15.7. The molecule has 0 fully saturated rings. The second-order valence-electron chi connectivity index (χ2n) is 4.35. The molecule has 0 unspecified atom stereocenters. The monoisotopic (exact) mass is 263 g/mol. The van der Waals surface area contributed by atoms with Crippen molar-refractivity contribution in [2.75, 3.05) is 26.4 Å². The van der Waals surface area contributed by atoms with Gasteiger partial charge in [-0.05, 0) is 25.5 Å².